The lowest BCUT2D eigenvalue weighted by Crippen LogP contribution is -2.31. The zero-order valence-electron chi connectivity index (χ0n) is 9.87. The van der Waals surface area contributed by atoms with Gasteiger partial charge in [-0.2, -0.15) is 4.31 Å². The summed E-state index contributed by atoms with van der Waals surface area (Å²) in [6, 6.07) is 1.06. The van der Waals surface area contributed by atoms with Crippen molar-refractivity contribution in [2.24, 2.45) is 0 Å². The van der Waals surface area contributed by atoms with Gasteiger partial charge in [-0.25, -0.2) is 12.8 Å². The van der Waals surface area contributed by atoms with E-state index in [1.54, 1.807) is 13.8 Å². The third-order valence-electron chi connectivity index (χ3n) is 2.48. The Morgan fingerprint density at radius 1 is 1.44 bits per heavy atom. The second-order valence-electron chi connectivity index (χ2n) is 3.49. The Balaban J connectivity index is 3.52. The van der Waals surface area contributed by atoms with Crippen molar-refractivity contribution in [3.8, 4) is 0 Å². The van der Waals surface area contributed by atoms with Gasteiger partial charge >= 0.3 is 0 Å². The fraction of sp³-hybridized carbons (Fsp3) is 0.400. The lowest BCUT2D eigenvalue weighted by molar-refractivity contribution is 0.440. The number of nitrogen functional groups attached to an aromatic ring is 1. The minimum atomic E-state index is -3.92. The van der Waals surface area contributed by atoms with E-state index in [0.29, 0.717) is 0 Å². The van der Waals surface area contributed by atoms with Crippen molar-refractivity contribution in [2.45, 2.75) is 18.7 Å². The largest absolute Gasteiger partial charge is 0.395 e. The molecule has 4 nitrogen and oxygen atoms in total. The van der Waals surface area contributed by atoms with Gasteiger partial charge in [-0.05, 0) is 22.0 Å². The molecular weight excluding hydrogens is 347 g/mol. The number of anilines is 1. The quantitative estimate of drug-likeness (QED) is 0.664. The molecule has 0 saturated heterocycles. The fourth-order valence-corrected chi connectivity index (χ4v) is 3.62. The predicted octanol–water partition coefficient (Wildman–Crippen LogP) is 2.85. The molecule has 0 aliphatic rings. The highest BCUT2D eigenvalue weighted by Gasteiger charge is 2.28. The monoisotopic (exact) mass is 358 g/mol. The SMILES string of the molecule is CCN(CC)S(=O)(=O)c1cc(Cl)c(Br)c(N)c1F. The number of nitrogens with zero attached hydrogens (tertiary/aromatic N) is 1. The summed E-state index contributed by atoms with van der Waals surface area (Å²) in [5.74, 6) is -0.988. The van der Waals surface area contributed by atoms with Gasteiger partial charge in [0.05, 0.1) is 15.2 Å². The van der Waals surface area contributed by atoms with E-state index in [-0.39, 0.29) is 28.3 Å². The molecule has 1 aromatic carbocycles. The lowest BCUT2D eigenvalue weighted by atomic mass is 10.3. The van der Waals surface area contributed by atoms with Gasteiger partial charge < -0.3 is 5.73 Å². The zero-order valence-corrected chi connectivity index (χ0v) is 13.0. The topological polar surface area (TPSA) is 63.4 Å². The highest BCUT2D eigenvalue weighted by atomic mass is 79.9. The van der Waals surface area contributed by atoms with Crippen LogP contribution in [0, 0.1) is 5.82 Å². The first-order valence-electron chi connectivity index (χ1n) is 5.20. The summed E-state index contributed by atoms with van der Waals surface area (Å²) < 4.78 is 39.6. The van der Waals surface area contributed by atoms with Crippen LogP contribution in [0.1, 0.15) is 13.8 Å². The summed E-state index contributed by atoms with van der Waals surface area (Å²) in [7, 11) is -3.92. The molecule has 0 fully saturated rings. The third-order valence-corrected chi connectivity index (χ3v) is 5.91. The van der Waals surface area contributed by atoms with E-state index in [1.165, 1.54) is 0 Å². The van der Waals surface area contributed by atoms with Gasteiger partial charge in [-0.3, -0.25) is 0 Å². The van der Waals surface area contributed by atoms with Crippen LogP contribution in [0.25, 0.3) is 0 Å². The molecule has 0 atom stereocenters. The second kappa shape index (κ2) is 5.73. The predicted molar refractivity (Wildman–Crippen MR) is 73.6 cm³/mol. The van der Waals surface area contributed by atoms with Gasteiger partial charge in [0.1, 0.15) is 4.90 Å². The fourth-order valence-electron chi connectivity index (χ4n) is 1.49. The molecule has 0 heterocycles. The third kappa shape index (κ3) is 2.64. The number of sulfonamides is 1. The molecule has 102 valence electrons. The van der Waals surface area contributed by atoms with Crippen LogP contribution in [0.2, 0.25) is 5.02 Å². The summed E-state index contributed by atoms with van der Waals surface area (Å²) >= 11 is 8.81. The maximum absolute atomic E-state index is 14.0. The molecule has 0 amide bonds. The van der Waals surface area contributed by atoms with Crippen LogP contribution in [0.3, 0.4) is 0 Å². The van der Waals surface area contributed by atoms with E-state index in [9.17, 15) is 12.8 Å². The molecule has 0 unspecified atom stereocenters. The number of benzene rings is 1. The smallest absolute Gasteiger partial charge is 0.246 e. The number of rotatable bonds is 4. The Morgan fingerprint density at radius 2 is 1.94 bits per heavy atom. The normalized spacial score (nSPS) is 12.1. The van der Waals surface area contributed by atoms with Crippen molar-refractivity contribution in [3.63, 3.8) is 0 Å². The number of halogens is 3. The van der Waals surface area contributed by atoms with Crippen LogP contribution in [0.5, 0.6) is 0 Å². The summed E-state index contributed by atoms with van der Waals surface area (Å²) in [6.07, 6.45) is 0. The first kappa shape index (κ1) is 15.7. The average molecular weight is 360 g/mol. The van der Waals surface area contributed by atoms with E-state index in [1.807, 2.05) is 0 Å². The summed E-state index contributed by atoms with van der Waals surface area (Å²) in [6.45, 7) is 3.82. The lowest BCUT2D eigenvalue weighted by Gasteiger charge is -2.19. The van der Waals surface area contributed by atoms with E-state index in [4.69, 9.17) is 17.3 Å². The molecule has 0 bridgehead atoms. The minimum Gasteiger partial charge on any atom is -0.395 e. The average Bonchev–Trinajstić information content (AvgIpc) is 2.32. The summed E-state index contributed by atoms with van der Waals surface area (Å²) in [5.41, 5.74) is 5.16. The number of hydrogen-bond donors (Lipinski definition) is 1. The Morgan fingerprint density at radius 3 is 2.39 bits per heavy atom. The highest BCUT2D eigenvalue weighted by molar-refractivity contribution is 9.10. The maximum atomic E-state index is 14.0. The number of nitrogens with two attached hydrogens (primary N) is 1. The Labute approximate surface area is 119 Å². The van der Waals surface area contributed by atoms with Gasteiger partial charge in [0.2, 0.25) is 10.0 Å². The Kier molecular flexibility index (Phi) is 4.99. The van der Waals surface area contributed by atoms with Crippen LogP contribution in [0.15, 0.2) is 15.4 Å². The molecule has 0 spiro atoms. The van der Waals surface area contributed by atoms with E-state index < -0.39 is 20.7 Å². The van der Waals surface area contributed by atoms with Crippen molar-refractivity contribution in [1.82, 2.24) is 4.31 Å². The molecule has 0 aliphatic heterocycles. The minimum absolute atomic E-state index is 0.0552. The Hall–Kier alpha value is -0.370. The van der Waals surface area contributed by atoms with Gasteiger partial charge in [0.15, 0.2) is 5.82 Å². The molecule has 2 N–H and O–H groups in total. The molecule has 0 aromatic heterocycles. The molecule has 1 rings (SSSR count). The van der Waals surface area contributed by atoms with Crippen molar-refractivity contribution >= 4 is 43.2 Å². The van der Waals surface area contributed by atoms with Gasteiger partial charge in [-0.1, -0.05) is 25.4 Å². The van der Waals surface area contributed by atoms with Crippen molar-refractivity contribution in [1.29, 1.82) is 0 Å². The molecule has 0 aliphatic carbocycles. The molecule has 0 saturated carbocycles. The van der Waals surface area contributed by atoms with Crippen molar-refractivity contribution in [3.05, 3.63) is 21.4 Å². The molecular formula is C10H13BrClFN2O2S. The van der Waals surface area contributed by atoms with Crippen LogP contribution < -0.4 is 5.73 Å². The molecule has 18 heavy (non-hydrogen) atoms. The van der Waals surface area contributed by atoms with Gasteiger partial charge in [-0.15, -0.1) is 0 Å². The summed E-state index contributed by atoms with van der Waals surface area (Å²) in [5, 5.41) is 0.0552. The number of hydrogen-bond acceptors (Lipinski definition) is 3. The van der Waals surface area contributed by atoms with Crippen LogP contribution in [-0.4, -0.2) is 25.8 Å². The summed E-state index contributed by atoms with van der Waals surface area (Å²) in [4.78, 5) is -0.503. The highest BCUT2D eigenvalue weighted by Crippen LogP contribution is 2.35. The second-order valence-corrected chi connectivity index (χ2v) is 6.59. The first-order chi connectivity index (χ1) is 8.27. The van der Waals surface area contributed by atoms with Crippen LogP contribution in [-0.2, 0) is 10.0 Å². The molecule has 0 radical (unpaired) electrons. The van der Waals surface area contributed by atoms with Gasteiger partial charge in [0.25, 0.3) is 0 Å². The van der Waals surface area contributed by atoms with E-state index >= 15 is 0 Å². The zero-order chi connectivity index (χ0) is 14.1. The maximum Gasteiger partial charge on any atom is 0.246 e. The van der Waals surface area contributed by atoms with Crippen molar-refractivity contribution in [2.75, 3.05) is 18.8 Å². The first-order valence-corrected chi connectivity index (χ1v) is 7.81. The van der Waals surface area contributed by atoms with E-state index in [0.717, 1.165) is 10.4 Å². The van der Waals surface area contributed by atoms with Crippen molar-refractivity contribution < 1.29 is 12.8 Å². The molecule has 1 aromatic rings. The van der Waals surface area contributed by atoms with E-state index in [2.05, 4.69) is 15.9 Å². The van der Waals surface area contributed by atoms with Crippen LogP contribution >= 0.6 is 27.5 Å². The standard InChI is InChI=1S/C10H13BrClFN2O2S/c1-3-15(4-2)18(16,17)7-5-6(12)8(11)10(14)9(7)13/h5H,3-4,14H2,1-2H3. The van der Waals surface area contributed by atoms with Crippen LogP contribution in [0.4, 0.5) is 10.1 Å². The van der Waals surface area contributed by atoms with Gasteiger partial charge in [0, 0.05) is 13.1 Å². The molecule has 8 heteroatoms. The Bertz CT molecular complexity index is 561.